The second-order valence-corrected chi connectivity index (χ2v) is 8.60. The summed E-state index contributed by atoms with van der Waals surface area (Å²) in [6.45, 7) is 7.67. The summed E-state index contributed by atoms with van der Waals surface area (Å²) >= 11 is 0. The van der Waals surface area contributed by atoms with Gasteiger partial charge in [0.2, 0.25) is 5.91 Å². The highest BCUT2D eigenvalue weighted by Gasteiger charge is 2.27. The van der Waals surface area contributed by atoms with Crippen LogP contribution in [-0.4, -0.2) is 95.8 Å². The van der Waals surface area contributed by atoms with E-state index >= 15 is 0 Å². The molecule has 1 N–H and O–H groups in total. The molecule has 7 nitrogen and oxygen atoms in total. The Bertz CT molecular complexity index is 799. The third-order valence-corrected chi connectivity index (χ3v) is 6.28. The average Bonchev–Trinajstić information content (AvgIpc) is 3.24. The van der Waals surface area contributed by atoms with Gasteiger partial charge in [0.15, 0.2) is 0 Å². The second kappa shape index (κ2) is 10.2. The molecule has 2 fully saturated rings. The van der Waals surface area contributed by atoms with Gasteiger partial charge >= 0.3 is 0 Å². The first-order valence-corrected chi connectivity index (χ1v) is 11.2. The molecule has 0 saturated carbocycles. The Labute approximate surface area is 179 Å². The number of carbonyl (C=O) groups is 1. The largest absolute Gasteiger partial charge is 0.355 e. The summed E-state index contributed by atoms with van der Waals surface area (Å²) in [6, 6.07) is 10.8. The maximum atomic E-state index is 12.4. The number of aromatic nitrogens is 2. The number of carbonyl (C=O) groups excluding carboxylic acids is 1. The molecule has 2 aliphatic heterocycles. The molecule has 4 rings (SSSR count). The van der Waals surface area contributed by atoms with Gasteiger partial charge in [-0.05, 0) is 50.6 Å². The summed E-state index contributed by atoms with van der Waals surface area (Å²) in [5.74, 6) is 0.122. The number of piperidine rings is 1. The topological polar surface area (TPSA) is 56.6 Å². The molecule has 1 amide bonds. The minimum Gasteiger partial charge on any atom is -0.355 e. The molecule has 2 aromatic rings. The first kappa shape index (κ1) is 21.0. The third kappa shape index (κ3) is 5.68. The predicted molar refractivity (Wildman–Crippen MR) is 119 cm³/mol. The first-order chi connectivity index (χ1) is 14.7. The zero-order valence-electron chi connectivity index (χ0n) is 18.0. The van der Waals surface area contributed by atoms with Crippen LogP contribution in [-0.2, 0) is 11.2 Å². The molecule has 0 spiro atoms. The van der Waals surface area contributed by atoms with E-state index in [-0.39, 0.29) is 5.91 Å². The van der Waals surface area contributed by atoms with Crippen molar-refractivity contribution in [3.05, 3.63) is 48.3 Å². The van der Waals surface area contributed by atoms with E-state index in [2.05, 4.69) is 32.2 Å². The lowest BCUT2D eigenvalue weighted by molar-refractivity contribution is -0.122. The second-order valence-electron chi connectivity index (χ2n) is 8.60. The number of hydrogen-bond donors (Lipinski definition) is 1. The Morgan fingerprint density at radius 2 is 1.93 bits per heavy atom. The van der Waals surface area contributed by atoms with Gasteiger partial charge in [-0.3, -0.25) is 14.6 Å². The standard InChI is InChI=1S/C23H34N6O/c1-26-11-5-8-22(18-26)28-14-12-27(13-15-28)19-23(30)24-10-9-20-16-25-29(17-20)21-6-3-2-4-7-21/h2-4,6-7,16-17,22H,5,8-15,18-19H2,1H3,(H,24,30). The van der Waals surface area contributed by atoms with Gasteiger partial charge in [-0.25, -0.2) is 4.68 Å². The number of likely N-dealkylation sites (N-methyl/N-ethyl adjacent to an activating group) is 1. The number of rotatable bonds is 7. The van der Waals surface area contributed by atoms with Crippen molar-refractivity contribution in [2.45, 2.75) is 25.3 Å². The molecule has 0 aliphatic carbocycles. The van der Waals surface area contributed by atoms with Crippen LogP contribution in [0.5, 0.6) is 0 Å². The molecule has 1 unspecified atom stereocenters. The number of piperazine rings is 1. The fourth-order valence-electron chi connectivity index (χ4n) is 4.54. The Kier molecular flexibility index (Phi) is 7.15. The van der Waals surface area contributed by atoms with Gasteiger partial charge in [-0.1, -0.05) is 18.2 Å². The minimum absolute atomic E-state index is 0.122. The Hall–Kier alpha value is -2.22. The van der Waals surface area contributed by atoms with Crippen molar-refractivity contribution in [1.82, 2.24) is 29.8 Å². The highest BCUT2D eigenvalue weighted by molar-refractivity contribution is 5.78. The molecular weight excluding hydrogens is 376 g/mol. The Balaban J connectivity index is 1.14. The lowest BCUT2D eigenvalue weighted by atomic mass is 10.0. The summed E-state index contributed by atoms with van der Waals surface area (Å²) < 4.78 is 1.88. The number of amides is 1. The Morgan fingerprint density at radius 1 is 1.13 bits per heavy atom. The summed E-state index contributed by atoms with van der Waals surface area (Å²) in [5.41, 5.74) is 2.18. The third-order valence-electron chi connectivity index (χ3n) is 6.28. The molecule has 3 heterocycles. The van der Waals surface area contributed by atoms with Crippen LogP contribution < -0.4 is 5.32 Å². The minimum atomic E-state index is 0.122. The quantitative estimate of drug-likeness (QED) is 0.744. The molecule has 2 saturated heterocycles. The summed E-state index contributed by atoms with van der Waals surface area (Å²) in [5, 5.41) is 7.49. The van der Waals surface area contributed by atoms with Gasteiger partial charge in [0.05, 0.1) is 18.4 Å². The number of nitrogens with zero attached hydrogens (tertiary/aromatic N) is 5. The summed E-state index contributed by atoms with van der Waals surface area (Å²) in [7, 11) is 2.22. The summed E-state index contributed by atoms with van der Waals surface area (Å²) in [6.07, 6.45) is 7.31. The lowest BCUT2D eigenvalue weighted by Gasteiger charge is -2.42. The molecule has 0 bridgehead atoms. The van der Waals surface area contributed by atoms with Crippen LogP contribution in [0.2, 0.25) is 0 Å². The predicted octanol–water partition coefficient (Wildman–Crippen LogP) is 1.24. The van der Waals surface area contributed by atoms with Crippen LogP contribution in [0.4, 0.5) is 0 Å². The highest BCUT2D eigenvalue weighted by Crippen LogP contribution is 2.16. The van der Waals surface area contributed by atoms with E-state index in [0.29, 0.717) is 19.1 Å². The zero-order valence-corrected chi connectivity index (χ0v) is 18.0. The number of benzene rings is 1. The maximum Gasteiger partial charge on any atom is 0.234 e. The number of hydrogen-bond acceptors (Lipinski definition) is 5. The number of para-hydroxylation sites is 1. The highest BCUT2D eigenvalue weighted by atomic mass is 16.2. The van der Waals surface area contributed by atoms with Crippen LogP contribution in [0.1, 0.15) is 18.4 Å². The fourth-order valence-corrected chi connectivity index (χ4v) is 4.54. The van der Waals surface area contributed by atoms with Crippen LogP contribution in [0.3, 0.4) is 0 Å². The van der Waals surface area contributed by atoms with E-state index < -0.39 is 0 Å². The van der Waals surface area contributed by atoms with Crippen molar-refractivity contribution in [2.24, 2.45) is 0 Å². The molecule has 1 aromatic heterocycles. The number of nitrogens with one attached hydrogen (secondary N) is 1. The van der Waals surface area contributed by atoms with Crippen molar-refractivity contribution in [1.29, 1.82) is 0 Å². The molecule has 1 aromatic carbocycles. The van der Waals surface area contributed by atoms with Crippen molar-refractivity contribution in [2.75, 3.05) is 59.4 Å². The van der Waals surface area contributed by atoms with E-state index in [1.807, 2.05) is 47.4 Å². The molecule has 0 radical (unpaired) electrons. The fraction of sp³-hybridized carbons (Fsp3) is 0.565. The van der Waals surface area contributed by atoms with Crippen LogP contribution in [0, 0.1) is 0 Å². The monoisotopic (exact) mass is 410 g/mol. The normalized spacial score (nSPS) is 21.6. The van der Waals surface area contributed by atoms with Gasteiger partial charge in [0, 0.05) is 51.5 Å². The SMILES string of the molecule is CN1CCCC(N2CCN(CC(=O)NCCc3cnn(-c4ccccc4)c3)CC2)C1. The lowest BCUT2D eigenvalue weighted by Crippen LogP contribution is -2.55. The summed E-state index contributed by atoms with van der Waals surface area (Å²) in [4.78, 5) is 19.7. The first-order valence-electron chi connectivity index (χ1n) is 11.2. The average molecular weight is 411 g/mol. The van der Waals surface area contributed by atoms with Crippen LogP contribution in [0.15, 0.2) is 42.7 Å². The number of likely N-dealkylation sites (tertiary alicyclic amines) is 1. The van der Waals surface area contributed by atoms with Gasteiger partial charge in [0.1, 0.15) is 0 Å². The maximum absolute atomic E-state index is 12.4. The Morgan fingerprint density at radius 3 is 2.70 bits per heavy atom. The van der Waals surface area contributed by atoms with E-state index in [1.165, 1.54) is 25.9 Å². The van der Waals surface area contributed by atoms with E-state index in [1.54, 1.807) is 0 Å². The van der Waals surface area contributed by atoms with E-state index in [0.717, 1.165) is 43.9 Å². The zero-order chi connectivity index (χ0) is 20.8. The molecule has 1 atom stereocenters. The van der Waals surface area contributed by atoms with Gasteiger partial charge in [-0.15, -0.1) is 0 Å². The van der Waals surface area contributed by atoms with Crippen LogP contribution >= 0.6 is 0 Å². The molecule has 30 heavy (non-hydrogen) atoms. The smallest absolute Gasteiger partial charge is 0.234 e. The van der Waals surface area contributed by atoms with E-state index in [4.69, 9.17) is 0 Å². The van der Waals surface area contributed by atoms with E-state index in [9.17, 15) is 4.79 Å². The van der Waals surface area contributed by atoms with Crippen molar-refractivity contribution in [3.8, 4) is 5.69 Å². The molecule has 7 heteroatoms. The van der Waals surface area contributed by atoms with Gasteiger partial charge < -0.3 is 10.2 Å². The van der Waals surface area contributed by atoms with Gasteiger partial charge in [0.25, 0.3) is 0 Å². The molecular formula is C23H34N6O. The molecule has 162 valence electrons. The van der Waals surface area contributed by atoms with Crippen LogP contribution in [0.25, 0.3) is 5.69 Å². The van der Waals surface area contributed by atoms with Crippen molar-refractivity contribution >= 4 is 5.91 Å². The van der Waals surface area contributed by atoms with Crippen molar-refractivity contribution < 1.29 is 4.79 Å². The van der Waals surface area contributed by atoms with Crippen molar-refractivity contribution in [3.63, 3.8) is 0 Å². The van der Waals surface area contributed by atoms with Gasteiger partial charge in [-0.2, -0.15) is 5.10 Å². The molecule has 2 aliphatic rings.